The van der Waals surface area contributed by atoms with Crippen LogP contribution < -0.4 is 10.6 Å². The van der Waals surface area contributed by atoms with Crippen molar-refractivity contribution < 1.29 is 4.39 Å². The molecule has 0 fully saturated rings. The number of para-hydroxylation sites is 1. The predicted molar refractivity (Wildman–Crippen MR) is 70.3 cm³/mol. The molecule has 1 aromatic carbocycles. The number of benzene rings is 1. The van der Waals surface area contributed by atoms with Gasteiger partial charge in [0.2, 0.25) is 0 Å². The first kappa shape index (κ1) is 12.3. The molecule has 2 aromatic rings. The first-order valence-electron chi connectivity index (χ1n) is 5.74. The van der Waals surface area contributed by atoms with Crippen LogP contribution in [0.3, 0.4) is 0 Å². The highest BCUT2D eigenvalue weighted by molar-refractivity contribution is 5.66. The van der Waals surface area contributed by atoms with Crippen molar-refractivity contribution in [2.75, 3.05) is 17.2 Å². The van der Waals surface area contributed by atoms with Gasteiger partial charge in [-0.1, -0.05) is 12.1 Å². The molecule has 4 nitrogen and oxygen atoms in total. The maximum absolute atomic E-state index is 13.8. The van der Waals surface area contributed by atoms with Crippen LogP contribution in [0.2, 0.25) is 0 Å². The SMILES string of the molecule is CCN(c1ccccc1F)c1ncnc(N)c1C. The summed E-state index contributed by atoms with van der Waals surface area (Å²) in [4.78, 5) is 9.89. The van der Waals surface area contributed by atoms with Crippen molar-refractivity contribution in [1.29, 1.82) is 0 Å². The molecular formula is C13H15FN4. The van der Waals surface area contributed by atoms with Crippen LogP contribution in [-0.2, 0) is 0 Å². The lowest BCUT2D eigenvalue weighted by atomic mass is 10.2. The number of aromatic nitrogens is 2. The molecule has 0 amide bonds. The predicted octanol–water partition coefficient (Wildman–Crippen LogP) is 2.66. The highest BCUT2D eigenvalue weighted by atomic mass is 19.1. The first-order chi connectivity index (χ1) is 8.65. The number of hydrogen-bond donors (Lipinski definition) is 1. The standard InChI is InChI=1S/C13H15FN4/c1-3-18(11-7-5-4-6-10(11)14)13-9(2)12(15)16-8-17-13/h4-8H,3H2,1-2H3,(H2,15,16,17). The topological polar surface area (TPSA) is 55.0 Å². The van der Waals surface area contributed by atoms with E-state index in [-0.39, 0.29) is 5.82 Å². The van der Waals surface area contributed by atoms with E-state index in [0.717, 1.165) is 5.56 Å². The number of nitrogen functional groups attached to an aromatic ring is 1. The van der Waals surface area contributed by atoms with Crippen LogP contribution >= 0.6 is 0 Å². The van der Waals surface area contributed by atoms with Crippen molar-refractivity contribution in [3.8, 4) is 0 Å². The molecule has 2 N–H and O–H groups in total. The summed E-state index contributed by atoms with van der Waals surface area (Å²) in [5.74, 6) is 0.765. The third-order valence-corrected chi connectivity index (χ3v) is 2.81. The van der Waals surface area contributed by atoms with Gasteiger partial charge >= 0.3 is 0 Å². The smallest absolute Gasteiger partial charge is 0.146 e. The van der Waals surface area contributed by atoms with E-state index < -0.39 is 0 Å². The summed E-state index contributed by atoms with van der Waals surface area (Å²) in [6.45, 7) is 4.36. The number of hydrogen-bond acceptors (Lipinski definition) is 4. The second-order valence-electron chi connectivity index (χ2n) is 3.90. The second kappa shape index (κ2) is 5.00. The molecule has 18 heavy (non-hydrogen) atoms. The third-order valence-electron chi connectivity index (χ3n) is 2.81. The summed E-state index contributed by atoms with van der Waals surface area (Å²) >= 11 is 0. The van der Waals surface area contributed by atoms with E-state index in [2.05, 4.69) is 9.97 Å². The van der Waals surface area contributed by atoms with Crippen LogP contribution in [-0.4, -0.2) is 16.5 Å². The number of nitrogens with two attached hydrogens (primary N) is 1. The lowest BCUT2D eigenvalue weighted by molar-refractivity contribution is 0.625. The Morgan fingerprint density at radius 2 is 2.00 bits per heavy atom. The van der Waals surface area contributed by atoms with Crippen LogP contribution in [0.25, 0.3) is 0 Å². The average molecular weight is 246 g/mol. The fraction of sp³-hybridized carbons (Fsp3) is 0.231. The Balaban J connectivity index is 2.53. The molecule has 94 valence electrons. The van der Waals surface area contributed by atoms with Crippen molar-refractivity contribution in [2.24, 2.45) is 0 Å². The Morgan fingerprint density at radius 3 is 2.67 bits per heavy atom. The highest BCUT2D eigenvalue weighted by Crippen LogP contribution is 2.29. The molecular weight excluding hydrogens is 231 g/mol. The quantitative estimate of drug-likeness (QED) is 0.904. The van der Waals surface area contributed by atoms with Gasteiger partial charge in [-0.3, -0.25) is 0 Å². The molecule has 0 unspecified atom stereocenters. The summed E-state index contributed by atoms with van der Waals surface area (Å²) in [7, 11) is 0. The minimum absolute atomic E-state index is 0.282. The van der Waals surface area contributed by atoms with Gasteiger partial charge < -0.3 is 10.6 Å². The van der Waals surface area contributed by atoms with Gasteiger partial charge in [-0.2, -0.15) is 0 Å². The summed E-state index contributed by atoms with van der Waals surface area (Å²) in [5, 5.41) is 0. The van der Waals surface area contributed by atoms with Gasteiger partial charge in [-0.25, -0.2) is 14.4 Å². The van der Waals surface area contributed by atoms with Gasteiger partial charge in [-0.15, -0.1) is 0 Å². The van der Waals surface area contributed by atoms with Crippen LogP contribution in [0.1, 0.15) is 12.5 Å². The molecule has 0 atom stereocenters. The van der Waals surface area contributed by atoms with Crippen molar-refractivity contribution in [1.82, 2.24) is 9.97 Å². The minimum atomic E-state index is -0.282. The fourth-order valence-electron chi connectivity index (χ4n) is 1.83. The molecule has 0 saturated carbocycles. The number of anilines is 3. The minimum Gasteiger partial charge on any atom is -0.383 e. The maximum Gasteiger partial charge on any atom is 0.146 e. The average Bonchev–Trinajstić information content (AvgIpc) is 2.37. The lowest BCUT2D eigenvalue weighted by Gasteiger charge is -2.24. The molecule has 5 heteroatoms. The molecule has 0 aliphatic rings. The van der Waals surface area contributed by atoms with Gasteiger partial charge in [0.15, 0.2) is 0 Å². The molecule has 1 aromatic heterocycles. The third kappa shape index (κ3) is 2.11. The van der Waals surface area contributed by atoms with E-state index in [9.17, 15) is 4.39 Å². The highest BCUT2D eigenvalue weighted by Gasteiger charge is 2.16. The number of halogens is 1. The number of rotatable bonds is 3. The van der Waals surface area contributed by atoms with Gasteiger partial charge in [0.05, 0.1) is 5.69 Å². The molecule has 0 spiro atoms. The summed E-state index contributed by atoms with van der Waals surface area (Å²) in [5.41, 5.74) is 7.00. The molecule has 1 heterocycles. The van der Waals surface area contributed by atoms with Crippen molar-refractivity contribution in [3.05, 3.63) is 42.0 Å². The van der Waals surface area contributed by atoms with Crippen molar-refractivity contribution in [2.45, 2.75) is 13.8 Å². The molecule has 0 radical (unpaired) electrons. The van der Waals surface area contributed by atoms with Crippen molar-refractivity contribution in [3.63, 3.8) is 0 Å². The van der Waals surface area contributed by atoms with E-state index in [0.29, 0.717) is 23.9 Å². The molecule has 0 saturated heterocycles. The molecule has 0 aliphatic carbocycles. The van der Waals surface area contributed by atoms with E-state index in [4.69, 9.17) is 5.73 Å². The Bertz CT molecular complexity index is 556. The van der Waals surface area contributed by atoms with Crippen LogP contribution in [0.5, 0.6) is 0 Å². The fourth-order valence-corrected chi connectivity index (χ4v) is 1.83. The van der Waals surface area contributed by atoms with Crippen LogP contribution in [0, 0.1) is 12.7 Å². The van der Waals surface area contributed by atoms with Crippen LogP contribution in [0.15, 0.2) is 30.6 Å². The summed E-state index contributed by atoms with van der Waals surface area (Å²) in [6, 6.07) is 6.60. The van der Waals surface area contributed by atoms with Crippen LogP contribution in [0.4, 0.5) is 21.7 Å². The second-order valence-corrected chi connectivity index (χ2v) is 3.90. The normalized spacial score (nSPS) is 10.4. The van der Waals surface area contributed by atoms with Gasteiger partial charge in [0.1, 0.15) is 23.8 Å². The molecule has 2 rings (SSSR count). The Hall–Kier alpha value is -2.17. The monoisotopic (exact) mass is 246 g/mol. The van der Waals surface area contributed by atoms with Gasteiger partial charge in [0, 0.05) is 12.1 Å². The summed E-state index contributed by atoms with van der Waals surface area (Å²) < 4.78 is 13.8. The summed E-state index contributed by atoms with van der Waals surface area (Å²) in [6.07, 6.45) is 1.39. The van der Waals surface area contributed by atoms with E-state index in [1.165, 1.54) is 12.4 Å². The van der Waals surface area contributed by atoms with Gasteiger partial charge in [0.25, 0.3) is 0 Å². The zero-order valence-corrected chi connectivity index (χ0v) is 10.4. The zero-order chi connectivity index (χ0) is 13.1. The van der Waals surface area contributed by atoms with Gasteiger partial charge in [-0.05, 0) is 26.0 Å². The first-order valence-corrected chi connectivity index (χ1v) is 5.74. The Morgan fingerprint density at radius 1 is 1.28 bits per heavy atom. The Kier molecular flexibility index (Phi) is 3.41. The Labute approximate surface area is 105 Å². The zero-order valence-electron chi connectivity index (χ0n) is 10.4. The largest absolute Gasteiger partial charge is 0.383 e. The van der Waals surface area contributed by atoms with E-state index >= 15 is 0 Å². The number of nitrogens with zero attached hydrogens (tertiary/aromatic N) is 3. The lowest BCUT2D eigenvalue weighted by Crippen LogP contribution is -2.20. The molecule has 0 aliphatic heterocycles. The van der Waals surface area contributed by atoms with E-state index in [1.54, 1.807) is 23.1 Å². The maximum atomic E-state index is 13.8. The van der Waals surface area contributed by atoms with E-state index in [1.807, 2.05) is 13.8 Å². The van der Waals surface area contributed by atoms with Crippen molar-refractivity contribution >= 4 is 17.3 Å². The molecule has 0 bridgehead atoms.